The smallest absolute Gasteiger partial charge is 0.361 e. The van der Waals surface area contributed by atoms with E-state index in [0.717, 1.165) is 19.8 Å². The first-order chi connectivity index (χ1) is 8.94. The Morgan fingerprint density at radius 2 is 1.90 bits per heavy atom. The lowest BCUT2D eigenvalue weighted by molar-refractivity contribution is -0.253. The van der Waals surface area contributed by atoms with Crippen molar-refractivity contribution in [3.8, 4) is 0 Å². The van der Waals surface area contributed by atoms with Gasteiger partial charge in [0.15, 0.2) is 6.10 Å². The first kappa shape index (κ1) is 17.8. The van der Waals surface area contributed by atoms with Crippen molar-refractivity contribution in [2.24, 2.45) is 5.92 Å². The van der Waals surface area contributed by atoms with E-state index in [1.165, 1.54) is 0 Å². The number of ether oxygens (including phenoxy) is 1. The van der Waals surface area contributed by atoms with E-state index in [1.54, 1.807) is 0 Å². The molecule has 2 nitrogen and oxygen atoms in total. The van der Waals surface area contributed by atoms with Gasteiger partial charge in [-0.15, -0.1) is 0 Å². The van der Waals surface area contributed by atoms with Crippen molar-refractivity contribution in [2.45, 2.75) is 83.7 Å². The van der Waals surface area contributed by atoms with Crippen LogP contribution in [0.3, 0.4) is 0 Å². The quantitative estimate of drug-likeness (QED) is 0.835. The van der Waals surface area contributed by atoms with Crippen LogP contribution in [0.25, 0.3) is 0 Å². The molecule has 0 bridgehead atoms. The Bertz CT molecular complexity index is 311. The van der Waals surface area contributed by atoms with Crippen LogP contribution in [-0.4, -0.2) is 30.0 Å². The van der Waals surface area contributed by atoms with Gasteiger partial charge in [0.05, 0.1) is 5.60 Å². The van der Waals surface area contributed by atoms with Crippen LogP contribution in [0, 0.1) is 5.92 Å². The van der Waals surface area contributed by atoms with Crippen molar-refractivity contribution in [1.29, 1.82) is 0 Å². The average Bonchev–Trinajstić information content (AvgIpc) is 2.24. The van der Waals surface area contributed by atoms with E-state index < -0.39 is 17.9 Å². The van der Waals surface area contributed by atoms with Crippen molar-refractivity contribution >= 4 is 0 Å². The lowest BCUT2D eigenvalue weighted by atomic mass is 9.78. The van der Waals surface area contributed by atoms with Crippen LogP contribution in [0.4, 0.5) is 13.2 Å². The molecule has 0 aromatic carbocycles. The number of hydrogen-bond acceptors (Lipinski definition) is 2. The molecule has 5 heteroatoms. The molecule has 120 valence electrons. The molecule has 0 aliphatic heterocycles. The van der Waals surface area contributed by atoms with Gasteiger partial charge >= 0.3 is 6.18 Å². The molecule has 0 saturated heterocycles. The summed E-state index contributed by atoms with van der Waals surface area (Å²) in [5.41, 5.74) is -0.821. The fourth-order valence-electron chi connectivity index (χ4n) is 2.79. The van der Waals surface area contributed by atoms with E-state index >= 15 is 0 Å². The Balaban J connectivity index is 2.79. The van der Waals surface area contributed by atoms with Crippen molar-refractivity contribution in [3.63, 3.8) is 0 Å². The monoisotopic (exact) mass is 295 g/mol. The van der Waals surface area contributed by atoms with Crippen LogP contribution in [0.1, 0.15) is 60.3 Å². The summed E-state index contributed by atoms with van der Waals surface area (Å²) in [5, 5.41) is 3.32. The highest BCUT2D eigenvalue weighted by Gasteiger charge is 2.45. The van der Waals surface area contributed by atoms with E-state index in [0.29, 0.717) is 25.3 Å². The molecule has 0 spiro atoms. The summed E-state index contributed by atoms with van der Waals surface area (Å²) in [5.74, 6) is 0.408. The van der Waals surface area contributed by atoms with E-state index in [9.17, 15) is 13.2 Å². The van der Waals surface area contributed by atoms with Gasteiger partial charge in [-0.3, -0.25) is 0 Å². The molecular formula is C15H28F3NO. The van der Waals surface area contributed by atoms with Gasteiger partial charge in [0.25, 0.3) is 0 Å². The van der Waals surface area contributed by atoms with Crippen molar-refractivity contribution in [1.82, 2.24) is 5.32 Å². The highest BCUT2D eigenvalue weighted by molar-refractivity contribution is 4.92. The lowest BCUT2D eigenvalue weighted by Gasteiger charge is -2.43. The molecule has 1 fully saturated rings. The molecule has 1 saturated carbocycles. The van der Waals surface area contributed by atoms with Crippen LogP contribution in [0.2, 0.25) is 0 Å². The van der Waals surface area contributed by atoms with Gasteiger partial charge in [-0.2, -0.15) is 13.2 Å². The molecule has 0 radical (unpaired) electrons. The Hall–Kier alpha value is -0.290. The van der Waals surface area contributed by atoms with Gasteiger partial charge in [0.1, 0.15) is 0 Å². The highest BCUT2D eigenvalue weighted by atomic mass is 19.4. The Morgan fingerprint density at radius 1 is 1.30 bits per heavy atom. The third-order valence-corrected chi connectivity index (χ3v) is 3.88. The zero-order chi connectivity index (χ0) is 15.6. The molecule has 1 N–H and O–H groups in total. The second-order valence-corrected chi connectivity index (χ2v) is 7.29. The molecule has 0 aromatic rings. The van der Waals surface area contributed by atoms with Crippen LogP contribution in [-0.2, 0) is 4.74 Å². The largest absolute Gasteiger partial charge is 0.414 e. The highest BCUT2D eigenvalue weighted by Crippen LogP contribution is 2.38. The number of nitrogens with one attached hydrogen (secondary N) is 1. The lowest BCUT2D eigenvalue weighted by Crippen LogP contribution is -2.53. The maximum atomic E-state index is 12.8. The van der Waals surface area contributed by atoms with E-state index in [-0.39, 0.29) is 5.54 Å². The third-order valence-electron chi connectivity index (χ3n) is 3.88. The molecule has 20 heavy (non-hydrogen) atoms. The summed E-state index contributed by atoms with van der Waals surface area (Å²) in [6, 6.07) is 0. The fraction of sp³-hybridized carbons (Fsp3) is 1.00. The Morgan fingerprint density at radius 3 is 2.35 bits per heavy atom. The zero-order valence-electron chi connectivity index (χ0n) is 13.2. The van der Waals surface area contributed by atoms with E-state index in [4.69, 9.17) is 4.74 Å². The summed E-state index contributed by atoms with van der Waals surface area (Å²) in [6.45, 7) is 9.71. The molecule has 3 atom stereocenters. The molecule has 0 amide bonds. The summed E-state index contributed by atoms with van der Waals surface area (Å²) in [4.78, 5) is 0. The second kappa shape index (κ2) is 6.22. The van der Waals surface area contributed by atoms with Gasteiger partial charge in [-0.05, 0) is 46.5 Å². The Labute approximate surface area is 120 Å². The normalized spacial score (nSPS) is 30.3. The van der Waals surface area contributed by atoms with Crippen LogP contribution >= 0.6 is 0 Å². The van der Waals surface area contributed by atoms with E-state index in [2.05, 4.69) is 12.2 Å². The van der Waals surface area contributed by atoms with E-state index in [1.807, 2.05) is 20.8 Å². The van der Waals surface area contributed by atoms with Gasteiger partial charge in [0.2, 0.25) is 0 Å². The second-order valence-electron chi connectivity index (χ2n) is 7.29. The fourth-order valence-corrected chi connectivity index (χ4v) is 2.79. The molecule has 0 heterocycles. The third kappa shape index (κ3) is 5.60. The molecule has 0 aromatic heterocycles. The first-order valence-corrected chi connectivity index (χ1v) is 7.43. The van der Waals surface area contributed by atoms with Crippen LogP contribution in [0.5, 0.6) is 0 Å². The predicted molar refractivity (Wildman–Crippen MR) is 74.7 cm³/mol. The Kier molecular flexibility index (Phi) is 5.53. The summed E-state index contributed by atoms with van der Waals surface area (Å²) in [6.07, 6.45) is -2.62. The van der Waals surface area contributed by atoms with Gasteiger partial charge in [0, 0.05) is 12.1 Å². The topological polar surface area (TPSA) is 21.3 Å². The van der Waals surface area contributed by atoms with Gasteiger partial charge in [-0.25, -0.2) is 0 Å². The average molecular weight is 295 g/mol. The van der Waals surface area contributed by atoms with Crippen LogP contribution in [0.15, 0.2) is 0 Å². The summed E-state index contributed by atoms with van der Waals surface area (Å²) >= 11 is 0. The number of rotatable bonds is 4. The minimum absolute atomic E-state index is 0.126. The van der Waals surface area contributed by atoms with Gasteiger partial charge < -0.3 is 10.1 Å². The van der Waals surface area contributed by atoms with Crippen molar-refractivity contribution in [3.05, 3.63) is 0 Å². The maximum absolute atomic E-state index is 12.8. The first-order valence-electron chi connectivity index (χ1n) is 7.43. The zero-order valence-corrected chi connectivity index (χ0v) is 13.2. The number of hydrogen-bond donors (Lipinski definition) is 1. The van der Waals surface area contributed by atoms with Crippen molar-refractivity contribution in [2.75, 3.05) is 6.54 Å². The molecule has 1 aliphatic rings. The van der Waals surface area contributed by atoms with Gasteiger partial charge in [-0.1, -0.05) is 19.8 Å². The maximum Gasteiger partial charge on any atom is 0.414 e. The van der Waals surface area contributed by atoms with Crippen molar-refractivity contribution < 1.29 is 17.9 Å². The number of halogens is 3. The standard InChI is InChI=1S/C15H28F3NO/c1-11-7-6-8-14(9-11,10-19-13(3,4)5)20-12(2)15(16,17)18/h11-12,19H,6-10H2,1-5H3. The minimum Gasteiger partial charge on any atom is -0.361 e. The minimum atomic E-state index is -4.30. The molecule has 1 aliphatic carbocycles. The number of alkyl halides is 3. The SMILES string of the molecule is CC1CCCC(CNC(C)(C)C)(OC(C)C(F)(F)F)C1. The molecular weight excluding hydrogens is 267 g/mol. The molecule has 3 unspecified atom stereocenters. The molecule has 1 rings (SSSR count). The summed E-state index contributed by atoms with van der Waals surface area (Å²) in [7, 11) is 0. The predicted octanol–water partition coefficient (Wildman–Crippen LogP) is 4.29. The van der Waals surface area contributed by atoms with Crippen LogP contribution < -0.4 is 5.32 Å². The summed E-state index contributed by atoms with van der Waals surface area (Å²) < 4.78 is 43.9.